The molecule has 0 spiro atoms. The first-order chi connectivity index (χ1) is 12.4. The van der Waals surface area contributed by atoms with Crippen LogP contribution < -0.4 is 14.8 Å². The van der Waals surface area contributed by atoms with Gasteiger partial charge in [0.25, 0.3) is 5.91 Å². The lowest BCUT2D eigenvalue weighted by molar-refractivity contribution is 0.0941. The van der Waals surface area contributed by atoms with Crippen LogP contribution in [0.1, 0.15) is 27.5 Å². The Morgan fingerprint density at radius 1 is 1.15 bits per heavy atom. The van der Waals surface area contributed by atoms with E-state index in [-0.39, 0.29) is 17.8 Å². The van der Waals surface area contributed by atoms with Crippen molar-refractivity contribution in [1.82, 2.24) is 10.2 Å². The van der Waals surface area contributed by atoms with Crippen molar-refractivity contribution in [3.05, 3.63) is 58.9 Å². The van der Waals surface area contributed by atoms with Crippen LogP contribution >= 0.6 is 0 Å². The predicted molar refractivity (Wildman–Crippen MR) is 99.4 cm³/mol. The molecule has 1 atom stereocenters. The molecule has 0 bridgehead atoms. The topological polar surface area (TPSA) is 50.8 Å². The van der Waals surface area contributed by atoms with Crippen molar-refractivity contribution in [2.24, 2.45) is 0 Å². The average Bonchev–Trinajstić information content (AvgIpc) is 2.61. The van der Waals surface area contributed by atoms with Gasteiger partial charge in [-0.25, -0.2) is 4.39 Å². The van der Waals surface area contributed by atoms with E-state index >= 15 is 0 Å². The lowest BCUT2D eigenvalue weighted by atomic mass is 10.1. The molecule has 0 saturated heterocycles. The third-order valence-electron chi connectivity index (χ3n) is 4.33. The monoisotopic (exact) mass is 360 g/mol. The fourth-order valence-corrected chi connectivity index (χ4v) is 2.82. The van der Waals surface area contributed by atoms with Gasteiger partial charge in [-0.2, -0.15) is 0 Å². The minimum atomic E-state index is -0.298. The maximum atomic E-state index is 13.5. The summed E-state index contributed by atoms with van der Waals surface area (Å²) in [6.45, 7) is 2.21. The second-order valence-electron chi connectivity index (χ2n) is 6.25. The number of hydrogen-bond acceptors (Lipinski definition) is 4. The van der Waals surface area contributed by atoms with Gasteiger partial charge in [0.1, 0.15) is 17.3 Å². The first kappa shape index (κ1) is 19.7. The fourth-order valence-electron chi connectivity index (χ4n) is 2.82. The minimum Gasteiger partial charge on any atom is -0.496 e. The van der Waals surface area contributed by atoms with Gasteiger partial charge in [-0.3, -0.25) is 4.79 Å². The van der Waals surface area contributed by atoms with Gasteiger partial charge in [0.05, 0.1) is 20.3 Å². The number of nitrogens with zero attached hydrogens (tertiary/aromatic N) is 1. The second-order valence-corrected chi connectivity index (χ2v) is 6.25. The van der Waals surface area contributed by atoms with Gasteiger partial charge in [0.15, 0.2) is 0 Å². The largest absolute Gasteiger partial charge is 0.496 e. The molecule has 26 heavy (non-hydrogen) atoms. The SMILES string of the molecule is COc1cc(C(=O)NCC(c2cccc(F)c2)N(C)C)cc(OC)c1C. The maximum absolute atomic E-state index is 13.5. The summed E-state index contributed by atoms with van der Waals surface area (Å²) in [7, 11) is 6.88. The van der Waals surface area contributed by atoms with Gasteiger partial charge in [-0.1, -0.05) is 12.1 Å². The minimum absolute atomic E-state index is 0.149. The zero-order chi connectivity index (χ0) is 19.3. The zero-order valence-corrected chi connectivity index (χ0v) is 15.8. The average molecular weight is 360 g/mol. The molecule has 1 N–H and O–H groups in total. The van der Waals surface area contributed by atoms with Gasteiger partial charge in [-0.15, -0.1) is 0 Å². The third kappa shape index (κ3) is 4.52. The lowest BCUT2D eigenvalue weighted by Crippen LogP contribution is -2.34. The zero-order valence-electron chi connectivity index (χ0n) is 15.8. The normalized spacial score (nSPS) is 12.0. The molecule has 0 radical (unpaired) electrons. The number of halogens is 1. The van der Waals surface area contributed by atoms with Gasteiger partial charge in [-0.05, 0) is 50.8 Å². The Bertz CT molecular complexity index is 752. The van der Waals surface area contributed by atoms with Crippen molar-refractivity contribution < 1.29 is 18.7 Å². The first-order valence-electron chi connectivity index (χ1n) is 8.30. The van der Waals surface area contributed by atoms with Crippen LogP contribution in [0.3, 0.4) is 0 Å². The number of likely N-dealkylation sites (N-methyl/N-ethyl adjacent to an activating group) is 1. The quantitative estimate of drug-likeness (QED) is 0.824. The van der Waals surface area contributed by atoms with Crippen LogP contribution in [0.15, 0.2) is 36.4 Å². The molecule has 0 heterocycles. The van der Waals surface area contributed by atoms with Crippen molar-refractivity contribution in [2.45, 2.75) is 13.0 Å². The molecule has 0 aliphatic carbocycles. The highest BCUT2D eigenvalue weighted by Gasteiger charge is 2.18. The molecule has 2 rings (SSSR count). The van der Waals surface area contributed by atoms with Crippen LogP contribution in [-0.4, -0.2) is 45.7 Å². The van der Waals surface area contributed by atoms with E-state index in [4.69, 9.17) is 9.47 Å². The van der Waals surface area contributed by atoms with Crippen LogP contribution in [0.25, 0.3) is 0 Å². The van der Waals surface area contributed by atoms with E-state index in [2.05, 4.69) is 5.32 Å². The molecule has 1 amide bonds. The van der Waals surface area contributed by atoms with E-state index in [1.165, 1.54) is 12.1 Å². The highest BCUT2D eigenvalue weighted by molar-refractivity contribution is 5.95. The summed E-state index contributed by atoms with van der Waals surface area (Å²) in [5.41, 5.74) is 2.08. The summed E-state index contributed by atoms with van der Waals surface area (Å²) in [4.78, 5) is 14.5. The van der Waals surface area contributed by atoms with Crippen LogP contribution in [0.4, 0.5) is 4.39 Å². The molecule has 0 aliphatic rings. The van der Waals surface area contributed by atoms with Crippen LogP contribution in [-0.2, 0) is 0 Å². The van der Waals surface area contributed by atoms with Crippen molar-refractivity contribution >= 4 is 5.91 Å². The van der Waals surface area contributed by atoms with Gasteiger partial charge < -0.3 is 19.7 Å². The standard InChI is InChI=1S/C20H25FN2O3/c1-13-18(25-4)10-15(11-19(13)26-5)20(24)22-12-17(23(2)3)14-7-6-8-16(21)9-14/h6-11,17H,12H2,1-5H3,(H,22,24). The summed E-state index contributed by atoms with van der Waals surface area (Å²) in [6.07, 6.45) is 0. The number of carbonyl (C=O) groups is 1. The fraction of sp³-hybridized carbons (Fsp3) is 0.350. The van der Waals surface area contributed by atoms with Crippen LogP contribution in [0.5, 0.6) is 11.5 Å². The molecule has 140 valence electrons. The Kier molecular flexibility index (Phi) is 6.58. The van der Waals surface area contributed by atoms with Crippen LogP contribution in [0.2, 0.25) is 0 Å². The Balaban J connectivity index is 2.18. The summed E-state index contributed by atoms with van der Waals surface area (Å²) < 4.78 is 24.2. The molecule has 0 fully saturated rings. The summed E-state index contributed by atoms with van der Waals surface area (Å²) >= 11 is 0. The van der Waals surface area contributed by atoms with Crippen molar-refractivity contribution in [3.8, 4) is 11.5 Å². The molecule has 0 aromatic heterocycles. The van der Waals surface area contributed by atoms with E-state index in [1.54, 1.807) is 32.4 Å². The number of methoxy groups -OCH3 is 2. The van der Waals surface area contributed by atoms with Crippen molar-refractivity contribution in [2.75, 3.05) is 34.9 Å². The number of nitrogens with one attached hydrogen (secondary N) is 1. The smallest absolute Gasteiger partial charge is 0.251 e. The third-order valence-corrected chi connectivity index (χ3v) is 4.33. The first-order valence-corrected chi connectivity index (χ1v) is 8.30. The van der Waals surface area contributed by atoms with E-state index in [9.17, 15) is 9.18 Å². The molecule has 6 heteroatoms. The number of carbonyl (C=O) groups excluding carboxylic acids is 1. The molecular weight excluding hydrogens is 335 g/mol. The number of hydrogen-bond donors (Lipinski definition) is 1. The Morgan fingerprint density at radius 2 is 1.77 bits per heavy atom. The van der Waals surface area contributed by atoms with E-state index in [1.807, 2.05) is 32.0 Å². The van der Waals surface area contributed by atoms with Crippen molar-refractivity contribution in [1.29, 1.82) is 0 Å². The summed E-state index contributed by atoms with van der Waals surface area (Å²) in [5.74, 6) is 0.631. The maximum Gasteiger partial charge on any atom is 0.251 e. The number of ether oxygens (including phenoxy) is 2. The number of benzene rings is 2. The molecule has 1 unspecified atom stereocenters. The summed E-state index contributed by atoms with van der Waals surface area (Å²) in [5, 5.41) is 2.91. The van der Waals surface area contributed by atoms with Gasteiger partial charge in [0, 0.05) is 17.7 Å². The van der Waals surface area contributed by atoms with Gasteiger partial charge >= 0.3 is 0 Å². The molecule has 0 aliphatic heterocycles. The lowest BCUT2D eigenvalue weighted by Gasteiger charge is -2.25. The van der Waals surface area contributed by atoms with Crippen LogP contribution in [0, 0.1) is 12.7 Å². The molecule has 2 aromatic rings. The van der Waals surface area contributed by atoms with Crippen molar-refractivity contribution in [3.63, 3.8) is 0 Å². The second kappa shape index (κ2) is 8.67. The highest BCUT2D eigenvalue weighted by Crippen LogP contribution is 2.29. The van der Waals surface area contributed by atoms with E-state index in [0.717, 1.165) is 11.1 Å². The predicted octanol–water partition coefficient (Wildman–Crippen LogP) is 3.18. The molecule has 2 aromatic carbocycles. The molecular formula is C20H25FN2O3. The molecule has 0 saturated carbocycles. The van der Waals surface area contributed by atoms with Gasteiger partial charge in [0.2, 0.25) is 0 Å². The highest BCUT2D eigenvalue weighted by atomic mass is 19.1. The number of rotatable bonds is 7. The Labute approximate surface area is 153 Å². The Morgan fingerprint density at radius 3 is 2.27 bits per heavy atom. The summed E-state index contributed by atoms with van der Waals surface area (Å²) in [6, 6.07) is 9.61. The molecule has 5 nitrogen and oxygen atoms in total. The van der Waals surface area contributed by atoms with E-state index < -0.39 is 0 Å². The Hall–Kier alpha value is -2.60. The van der Waals surface area contributed by atoms with E-state index in [0.29, 0.717) is 23.6 Å². The number of amides is 1.